The standard InChI is InChI=1S/C22H26FNO4/c1-14-18(11-15-6-5-7-16(10-15)27-13-21(25)26)19-12-17(28-22(2,3)23)8-9-20(19)24(14)4/h7-10,12H,5-6,11,13H2,1-4H3,(H,25,26). The lowest BCUT2D eigenvalue weighted by molar-refractivity contribution is -0.140. The topological polar surface area (TPSA) is 60.7 Å². The molecule has 0 unspecified atom stereocenters. The van der Waals surface area contributed by atoms with E-state index in [9.17, 15) is 9.18 Å². The number of ether oxygens (including phenoxy) is 2. The summed E-state index contributed by atoms with van der Waals surface area (Å²) in [6, 6.07) is 5.62. The molecule has 5 nitrogen and oxygen atoms in total. The fraction of sp³-hybridized carbons (Fsp3) is 0.409. The van der Waals surface area contributed by atoms with Gasteiger partial charge in [0.25, 0.3) is 0 Å². The first-order valence-electron chi connectivity index (χ1n) is 9.34. The van der Waals surface area contributed by atoms with Crippen LogP contribution in [0.4, 0.5) is 4.39 Å². The number of aromatic nitrogens is 1. The van der Waals surface area contributed by atoms with Gasteiger partial charge in [-0.05, 0) is 62.1 Å². The lowest BCUT2D eigenvalue weighted by Crippen LogP contribution is -2.20. The van der Waals surface area contributed by atoms with E-state index < -0.39 is 11.8 Å². The van der Waals surface area contributed by atoms with Gasteiger partial charge >= 0.3 is 5.97 Å². The summed E-state index contributed by atoms with van der Waals surface area (Å²) in [5.41, 5.74) is 4.53. The van der Waals surface area contributed by atoms with Gasteiger partial charge in [0, 0.05) is 37.5 Å². The van der Waals surface area contributed by atoms with Crippen LogP contribution in [0.5, 0.6) is 5.75 Å². The monoisotopic (exact) mass is 387 g/mol. The Bertz CT molecular complexity index is 963. The van der Waals surface area contributed by atoms with E-state index in [0.29, 0.717) is 11.5 Å². The highest BCUT2D eigenvalue weighted by atomic mass is 19.2. The molecule has 1 aliphatic carbocycles. The number of aliphatic carboxylic acids is 1. The van der Waals surface area contributed by atoms with E-state index >= 15 is 0 Å². The number of carbonyl (C=O) groups is 1. The summed E-state index contributed by atoms with van der Waals surface area (Å²) >= 11 is 0. The smallest absolute Gasteiger partial charge is 0.341 e. The largest absolute Gasteiger partial charge is 0.482 e. The van der Waals surface area contributed by atoms with Gasteiger partial charge in [-0.1, -0.05) is 5.57 Å². The van der Waals surface area contributed by atoms with Crippen LogP contribution >= 0.6 is 0 Å². The number of aryl methyl sites for hydroxylation is 1. The Morgan fingerprint density at radius 1 is 1.36 bits per heavy atom. The number of fused-ring (bicyclic) bond motifs is 1. The van der Waals surface area contributed by atoms with Gasteiger partial charge in [-0.2, -0.15) is 4.39 Å². The van der Waals surface area contributed by atoms with Crippen LogP contribution in [-0.4, -0.2) is 28.1 Å². The number of nitrogens with zero attached hydrogens (tertiary/aromatic N) is 1. The molecular formula is C22H26FNO4. The molecule has 150 valence electrons. The predicted octanol–water partition coefficient (Wildman–Crippen LogP) is 4.82. The van der Waals surface area contributed by atoms with Crippen molar-refractivity contribution in [2.45, 2.75) is 45.9 Å². The third kappa shape index (κ3) is 4.55. The van der Waals surface area contributed by atoms with Crippen molar-refractivity contribution in [3.05, 3.63) is 52.9 Å². The molecule has 2 aromatic rings. The van der Waals surface area contributed by atoms with E-state index in [1.165, 1.54) is 19.4 Å². The van der Waals surface area contributed by atoms with E-state index in [1.807, 2.05) is 31.3 Å². The van der Waals surface area contributed by atoms with Crippen LogP contribution in [0.25, 0.3) is 10.9 Å². The fourth-order valence-electron chi connectivity index (χ4n) is 3.54. The summed E-state index contributed by atoms with van der Waals surface area (Å²) in [5.74, 6) is -1.64. The first-order valence-corrected chi connectivity index (χ1v) is 9.34. The molecule has 0 amide bonds. The molecule has 0 radical (unpaired) electrons. The lowest BCUT2D eigenvalue weighted by atomic mass is 9.95. The minimum atomic E-state index is -1.75. The van der Waals surface area contributed by atoms with Gasteiger partial charge in [-0.3, -0.25) is 0 Å². The van der Waals surface area contributed by atoms with E-state index in [4.69, 9.17) is 14.6 Å². The van der Waals surface area contributed by atoms with Crippen LogP contribution in [0.3, 0.4) is 0 Å². The van der Waals surface area contributed by atoms with E-state index in [-0.39, 0.29) is 6.61 Å². The molecular weight excluding hydrogens is 361 g/mol. The minimum Gasteiger partial charge on any atom is -0.482 e. The van der Waals surface area contributed by atoms with Crippen molar-refractivity contribution in [2.75, 3.05) is 6.61 Å². The van der Waals surface area contributed by atoms with Crippen LogP contribution in [0.1, 0.15) is 37.9 Å². The molecule has 6 heteroatoms. The normalized spacial score (nSPS) is 14.6. The van der Waals surface area contributed by atoms with Gasteiger partial charge in [0.2, 0.25) is 5.85 Å². The van der Waals surface area contributed by atoms with Crippen molar-refractivity contribution >= 4 is 16.9 Å². The Kier molecular flexibility index (Phi) is 5.49. The second-order valence-electron chi connectivity index (χ2n) is 7.57. The van der Waals surface area contributed by atoms with Gasteiger partial charge in [0.05, 0.1) is 0 Å². The van der Waals surface area contributed by atoms with Crippen LogP contribution in [-0.2, 0) is 23.0 Å². The van der Waals surface area contributed by atoms with Crippen molar-refractivity contribution in [1.29, 1.82) is 0 Å². The molecule has 1 aliphatic rings. The Hall–Kier alpha value is -2.76. The van der Waals surface area contributed by atoms with Crippen molar-refractivity contribution < 1.29 is 23.8 Å². The zero-order chi connectivity index (χ0) is 20.5. The molecule has 0 spiro atoms. The molecule has 28 heavy (non-hydrogen) atoms. The van der Waals surface area contributed by atoms with Crippen LogP contribution in [0, 0.1) is 6.92 Å². The second-order valence-corrected chi connectivity index (χ2v) is 7.57. The van der Waals surface area contributed by atoms with Crippen LogP contribution in [0.2, 0.25) is 0 Å². The molecule has 1 N–H and O–H groups in total. The summed E-state index contributed by atoms with van der Waals surface area (Å²) in [7, 11) is 2.01. The highest BCUT2D eigenvalue weighted by Gasteiger charge is 2.20. The number of hydrogen-bond donors (Lipinski definition) is 1. The molecule has 0 bridgehead atoms. The summed E-state index contributed by atoms with van der Waals surface area (Å²) in [6.45, 7) is 4.48. The third-order valence-electron chi connectivity index (χ3n) is 4.88. The SMILES string of the molecule is Cc1c(CC2=CC(OCC(=O)O)=CCC2)c2cc(OC(C)(C)F)ccc2n1C. The quantitative estimate of drug-likeness (QED) is 0.740. The molecule has 1 aromatic carbocycles. The highest BCUT2D eigenvalue weighted by Crippen LogP contribution is 2.33. The summed E-state index contributed by atoms with van der Waals surface area (Å²) in [4.78, 5) is 10.7. The number of alkyl halides is 1. The maximum absolute atomic E-state index is 13.9. The number of carboxylic acid groups (broad SMARTS) is 1. The lowest BCUT2D eigenvalue weighted by Gasteiger charge is -2.17. The molecule has 1 aromatic heterocycles. The average Bonchev–Trinajstić information content (AvgIpc) is 2.83. The number of benzene rings is 1. The van der Waals surface area contributed by atoms with Gasteiger partial charge in [0.15, 0.2) is 6.61 Å². The van der Waals surface area contributed by atoms with Crippen molar-refractivity contribution in [3.63, 3.8) is 0 Å². The molecule has 0 aliphatic heterocycles. The molecule has 0 fully saturated rings. The van der Waals surface area contributed by atoms with Gasteiger partial charge in [0.1, 0.15) is 11.5 Å². The van der Waals surface area contributed by atoms with Gasteiger partial charge in [-0.25, -0.2) is 4.79 Å². The summed E-state index contributed by atoms with van der Waals surface area (Å²) < 4.78 is 26.8. The summed E-state index contributed by atoms with van der Waals surface area (Å²) in [5, 5.41) is 9.83. The van der Waals surface area contributed by atoms with Crippen molar-refractivity contribution in [3.8, 4) is 5.75 Å². The molecule has 3 rings (SSSR count). The molecule has 0 atom stereocenters. The Labute approximate surface area is 164 Å². The number of rotatable bonds is 7. The number of allylic oxidation sites excluding steroid dienone is 3. The minimum absolute atomic E-state index is 0.345. The Balaban J connectivity index is 1.91. The van der Waals surface area contributed by atoms with Crippen LogP contribution in [0.15, 0.2) is 41.7 Å². The first-order chi connectivity index (χ1) is 13.1. The predicted molar refractivity (Wildman–Crippen MR) is 106 cm³/mol. The molecule has 0 saturated heterocycles. The van der Waals surface area contributed by atoms with Crippen molar-refractivity contribution in [2.24, 2.45) is 7.05 Å². The second kappa shape index (κ2) is 7.70. The zero-order valence-corrected chi connectivity index (χ0v) is 16.7. The van der Waals surface area contributed by atoms with E-state index in [2.05, 4.69) is 11.5 Å². The van der Waals surface area contributed by atoms with E-state index in [0.717, 1.165) is 41.4 Å². The van der Waals surface area contributed by atoms with Crippen LogP contribution < -0.4 is 4.74 Å². The van der Waals surface area contributed by atoms with Crippen molar-refractivity contribution in [1.82, 2.24) is 4.57 Å². The third-order valence-corrected chi connectivity index (χ3v) is 4.88. The Morgan fingerprint density at radius 2 is 2.11 bits per heavy atom. The molecule has 0 saturated carbocycles. The number of halogens is 1. The highest BCUT2D eigenvalue weighted by molar-refractivity contribution is 5.87. The average molecular weight is 387 g/mol. The van der Waals surface area contributed by atoms with E-state index in [1.54, 1.807) is 6.07 Å². The maximum Gasteiger partial charge on any atom is 0.341 e. The molecule has 1 heterocycles. The number of hydrogen-bond acceptors (Lipinski definition) is 3. The van der Waals surface area contributed by atoms with Gasteiger partial charge < -0.3 is 19.1 Å². The maximum atomic E-state index is 13.9. The fourth-order valence-corrected chi connectivity index (χ4v) is 3.54. The zero-order valence-electron chi connectivity index (χ0n) is 16.7. The summed E-state index contributed by atoms with van der Waals surface area (Å²) in [6.07, 6.45) is 6.27. The number of carboxylic acids is 1. The first kappa shape index (κ1) is 20.0. The Morgan fingerprint density at radius 3 is 2.79 bits per heavy atom. The van der Waals surface area contributed by atoms with Gasteiger partial charge in [-0.15, -0.1) is 0 Å².